The number of carbonyl (C=O) groups excluding carboxylic acids is 1. The lowest BCUT2D eigenvalue weighted by Gasteiger charge is -2.20. The summed E-state index contributed by atoms with van der Waals surface area (Å²) in [7, 11) is 0. The third-order valence-corrected chi connectivity index (χ3v) is 6.28. The third-order valence-electron chi connectivity index (χ3n) is 4.71. The molecule has 0 bridgehead atoms. The molecule has 0 atom stereocenters. The second-order valence-electron chi connectivity index (χ2n) is 6.87. The van der Waals surface area contributed by atoms with Crippen LogP contribution in [0.15, 0.2) is 54.9 Å². The molecule has 10 heteroatoms. The van der Waals surface area contributed by atoms with Gasteiger partial charge in [0, 0.05) is 29.5 Å². The van der Waals surface area contributed by atoms with E-state index in [-0.39, 0.29) is 25.9 Å². The first-order valence-corrected chi connectivity index (χ1v) is 11.1. The second kappa shape index (κ2) is 8.82. The van der Waals surface area contributed by atoms with Gasteiger partial charge in [0.05, 0.1) is 21.8 Å². The molecule has 0 saturated carbocycles. The monoisotopic (exact) mass is 487 g/mol. The van der Waals surface area contributed by atoms with Crippen LogP contribution in [0.25, 0.3) is 10.2 Å². The molecule has 0 saturated heterocycles. The molecule has 3 heterocycles. The first-order valence-electron chi connectivity index (χ1n) is 9.54. The Kier molecular flexibility index (Phi) is 5.73. The number of halogens is 2. The van der Waals surface area contributed by atoms with Gasteiger partial charge in [0.15, 0.2) is 23.2 Å². The molecular formula is C22H15Cl2N3O4S. The number of benzene rings is 2. The topological polar surface area (TPSA) is 73.8 Å². The van der Waals surface area contributed by atoms with Gasteiger partial charge in [-0.2, -0.15) is 0 Å². The van der Waals surface area contributed by atoms with Crippen molar-refractivity contribution >= 4 is 55.8 Å². The van der Waals surface area contributed by atoms with E-state index in [2.05, 4.69) is 9.97 Å². The zero-order chi connectivity index (χ0) is 22.1. The first kappa shape index (κ1) is 20.8. The van der Waals surface area contributed by atoms with E-state index in [0.29, 0.717) is 32.4 Å². The van der Waals surface area contributed by atoms with Crippen molar-refractivity contribution in [2.75, 3.05) is 18.3 Å². The molecule has 2 aromatic carbocycles. The van der Waals surface area contributed by atoms with E-state index >= 15 is 0 Å². The minimum atomic E-state index is -0.279. The number of fused-ring (bicyclic) bond motifs is 2. The van der Waals surface area contributed by atoms with Crippen molar-refractivity contribution < 1.29 is 19.0 Å². The Morgan fingerprint density at radius 1 is 1.16 bits per heavy atom. The summed E-state index contributed by atoms with van der Waals surface area (Å²) in [5.74, 6) is 1.40. The molecule has 5 rings (SSSR count). The summed E-state index contributed by atoms with van der Waals surface area (Å²) < 4.78 is 17.4. The molecule has 4 aromatic rings. The maximum Gasteiger partial charge on any atom is 0.267 e. The fourth-order valence-corrected chi connectivity index (χ4v) is 4.62. The standard InChI is InChI=1S/C22H15Cl2N3O4S/c23-14-3-4-17(15(24)6-14)29-11-21(28)27(10-13-2-1-5-25-9-13)22-26-16-7-18-19(31-12-30-18)8-20(16)32-22/h1-9H,10-12H2. The fraction of sp³-hybridized carbons (Fsp3) is 0.136. The van der Waals surface area contributed by atoms with Crippen molar-refractivity contribution in [3.05, 3.63) is 70.5 Å². The largest absolute Gasteiger partial charge is 0.482 e. The van der Waals surface area contributed by atoms with E-state index in [9.17, 15) is 4.79 Å². The molecule has 162 valence electrons. The normalized spacial score (nSPS) is 12.2. The van der Waals surface area contributed by atoms with Gasteiger partial charge < -0.3 is 14.2 Å². The lowest BCUT2D eigenvalue weighted by molar-refractivity contribution is -0.120. The molecule has 0 spiro atoms. The summed E-state index contributed by atoms with van der Waals surface area (Å²) in [6, 6.07) is 12.2. The van der Waals surface area contributed by atoms with E-state index in [1.165, 1.54) is 11.3 Å². The Bertz CT molecular complexity index is 1260. The van der Waals surface area contributed by atoms with Gasteiger partial charge in [-0.15, -0.1) is 0 Å². The number of anilines is 1. The average Bonchev–Trinajstić information content (AvgIpc) is 3.41. The van der Waals surface area contributed by atoms with Gasteiger partial charge >= 0.3 is 0 Å². The van der Waals surface area contributed by atoms with Crippen molar-refractivity contribution in [3.63, 3.8) is 0 Å². The van der Waals surface area contributed by atoms with Crippen LogP contribution in [0.1, 0.15) is 5.56 Å². The van der Waals surface area contributed by atoms with Crippen LogP contribution in [0.4, 0.5) is 5.13 Å². The molecule has 0 unspecified atom stereocenters. The van der Waals surface area contributed by atoms with Crippen LogP contribution in [0.3, 0.4) is 0 Å². The number of aromatic nitrogens is 2. The second-order valence-corrected chi connectivity index (χ2v) is 8.73. The number of ether oxygens (including phenoxy) is 3. The molecule has 1 aliphatic rings. The highest BCUT2D eigenvalue weighted by molar-refractivity contribution is 7.22. The highest BCUT2D eigenvalue weighted by Crippen LogP contribution is 2.40. The average molecular weight is 488 g/mol. The van der Waals surface area contributed by atoms with E-state index in [4.69, 9.17) is 37.4 Å². The van der Waals surface area contributed by atoms with Gasteiger partial charge in [0.25, 0.3) is 5.91 Å². The first-order chi connectivity index (χ1) is 15.6. The van der Waals surface area contributed by atoms with Crippen LogP contribution in [0.5, 0.6) is 17.2 Å². The smallest absolute Gasteiger partial charge is 0.267 e. The summed E-state index contributed by atoms with van der Waals surface area (Å²) in [5.41, 5.74) is 1.58. The van der Waals surface area contributed by atoms with Crippen molar-refractivity contribution in [3.8, 4) is 17.2 Å². The number of hydrogen-bond acceptors (Lipinski definition) is 7. The van der Waals surface area contributed by atoms with Gasteiger partial charge in [-0.3, -0.25) is 14.7 Å². The van der Waals surface area contributed by atoms with Crippen LogP contribution < -0.4 is 19.1 Å². The van der Waals surface area contributed by atoms with Crippen LogP contribution in [-0.2, 0) is 11.3 Å². The van der Waals surface area contributed by atoms with Crippen molar-refractivity contribution in [1.29, 1.82) is 0 Å². The van der Waals surface area contributed by atoms with Gasteiger partial charge in [0.2, 0.25) is 6.79 Å². The van der Waals surface area contributed by atoms with Gasteiger partial charge in [0.1, 0.15) is 5.75 Å². The highest BCUT2D eigenvalue weighted by atomic mass is 35.5. The SMILES string of the molecule is O=C(COc1ccc(Cl)cc1Cl)N(Cc1cccnc1)c1nc2cc3c(cc2s1)OCO3. The van der Waals surface area contributed by atoms with Crippen molar-refractivity contribution in [2.45, 2.75) is 6.54 Å². The molecule has 0 radical (unpaired) electrons. The highest BCUT2D eigenvalue weighted by Gasteiger charge is 2.23. The molecule has 7 nitrogen and oxygen atoms in total. The van der Waals surface area contributed by atoms with Gasteiger partial charge in [-0.1, -0.05) is 40.6 Å². The van der Waals surface area contributed by atoms with Crippen LogP contribution in [0.2, 0.25) is 10.0 Å². The lowest BCUT2D eigenvalue weighted by atomic mass is 10.2. The van der Waals surface area contributed by atoms with Crippen LogP contribution in [-0.4, -0.2) is 29.3 Å². The molecule has 0 fully saturated rings. The van der Waals surface area contributed by atoms with E-state index in [1.54, 1.807) is 35.5 Å². The minimum Gasteiger partial charge on any atom is -0.482 e. The summed E-state index contributed by atoms with van der Waals surface area (Å²) >= 11 is 13.5. The van der Waals surface area contributed by atoms with Crippen molar-refractivity contribution in [2.24, 2.45) is 0 Å². The Hall–Kier alpha value is -3.07. The molecule has 1 aliphatic heterocycles. The number of rotatable bonds is 6. The molecule has 1 amide bonds. The molecular weight excluding hydrogens is 473 g/mol. The molecule has 32 heavy (non-hydrogen) atoms. The minimum absolute atomic E-state index is 0.190. The summed E-state index contributed by atoms with van der Waals surface area (Å²) in [6.45, 7) is 0.257. The fourth-order valence-electron chi connectivity index (χ4n) is 3.17. The summed E-state index contributed by atoms with van der Waals surface area (Å²) in [4.78, 5) is 23.6. The van der Waals surface area contributed by atoms with Crippen molar-refractivity contribution in [1.82, 2.24) is 9.97 Å². The van der Waals surface area contributed by atoms with E-state index in [1.807, 2.05) is 24.3 Å². The maximum atomic E-state index is 13.2. The number of hydrogen-bond donors (Lipinski definition) is 0. The Labute approximate surface area is 197 Å². The maximum absolute atomic E-state index is 13.2. The number of pyridine rings is 1. The number of carbonyl (C=O) groups is 1. The Morgan fingerprint density at radius 2 is 2.00 bits per heavy atom. The summed E-state index contributed by atoms with van der Waals surface area (Å²) in [5, 5.41) is 1.35. The Morgan fingerprint density at radius 3 is 2.78 bits per heavy atom. The molecule has 0 N–H and O–H groups in total. The number of amides is 1. The van der Waals surface area contributed by atoms with E-state index < -0.39 is 0 Å². The molecule has 0 aliphatic carbocycles. The van der Waals surface area contributed by atoms with Crippen LogP contribution in [0, 0.1) is 0 Å². The predicted octanol–water partition coefficient (Wildman–Crippen LogP) is 5.34. The quantitative estimate of drug-likeness (QED) is 0.365. The molecule has 2 aromatic heterocycles. The summed E-state index contributed by atoms with van der Waals surface area (Å²) in [6.07, 6.45) is 3.39. The Balaban J connectivity index is 1.43. The van der Waals surface area contributed by atoms with Gasteiger partial charge in [-0.05, 0) is 29.8 Å². The predicted molar refractivity (Wildman–Crippen MR) is 123 cm³/mol. The third kappa shape index (κ3) is 4.29. The van der Waals surface area contributed by atoms with Crippen LogP contribution >= 0.6 is 34.5 Å². The lowest BCUT2D eigenvalue weighted by Crippen LogP contribution is -2.34. The van der Waals surface area contributed by atoms with E-state index in [0.717, 1.165) is 15.8 Å². The zero-order valence-corrected chi connectivity index (χ0v) is 18.8. The zero-order valence-electron chi connectivity index (χ0n) is 16.5. The van der Waals surface area contributed by atoms with Gasteiger partial charge in [-0.25, -0.2) is 4.98 Å². The number of nitrogens with zero attached hydrogens (tertiary/aromatic N) is 3. The number of thiazole rings is 1.